The molecule has 0 spiro atoms. The maximum absolute atomic E-state index is 5.67. The SMILES string of the molecule is CCCNC1C(N2CCOC(C)C2)CCC1(C)C. The van der Waals surface area contributed by atoms with E-state index in [-0.39, 0.29) is 0 Å². The fourth-order valence-corrected chi connectivity index (χ4v) is 3.62. The van der Waals surface area contributed by atoms with Crippen molar-refractivity contribution in [2.24, 2.45) is 5.41 Å². The van der Waals surface area contributed by atoms with Gasteiger partial charge >= 0.3 is 0 Å². The van der Waals surface area contributed by atoms with E-state index in [1.54, 1.807) is 0 Å². The molecular weight excluding hydrogens is 224 g/mol. The minimum Gasteiger partial charge on any atom is -0.376 e. The predicted octanol–water partition coefficient (Wildman–Crippen LogP) is 2.26. The van der Waals surface area contributed by atoms with Gasteiger partial charge in [0.1, 0.15) is 0 Å². The van der Waals surface area contributed by atoms with E-state index < -0.39 is 0 Å². The Hall–Kier alpha value is -0.120. The smallest absolute Gasteiger partial charge is 0.0674 e. The molecule has 106 valence electrons. The highest BCUT2D eigenvalue weighted by Gasteiger charge is 2.44. The van der Waals surface area contributed by atoms with Crippen LogP contribution in [0.3, 0.4) is 0 Å². The van der Waals surface area contributed by atoms with Gasteiger partial charge in [-0.1, -0.05) is 20.8 Å². The van der Waals surface area contributed by atoms with Crippen LogP contribution in [0, 0.1) is 5.41 Å². The standard InChI is InChI=1S/C15H30N2O/c1-5-8-16-14-13(6-7-15(14,3)4)17-9-10-18-12(2)11-17/h12-14,16H,5-11H2,1-4H3. The zero-order valence-electron chi connectivity index (χ0n) is 12.5. The van der Waals surface area contributed by atoms with Gasteiger partial charge in [0.15, 0.2) is 0 Å². The zero-order valence-corrected chi connectivity index (χ0v) is 12.5. The summed E-state index contributed by atoms with van der Waals surface area (Å²) in [7, 11) is 0. The fourth-order valence-electron chi connectivity index (χ4n) is 3.62. The van der Waals surface area contributed by atoms with Crippen molar-refractivity contribution in [3.63, 3.8) is 0 Å². The second-order valence-electron chi connectivity index (χ2n) is 6.70. The molecule has 0 aromatic carbocycles. The van der Waals surface area contributed by atoms with E-state index in [0.29, 0.717) is 23.6 Å². The molecule has 3 heteroatoms. The van der Waals surface area contributed by atoms with Crippen LogP contribution in [0.4, 0.5) is 0 Å². The third kappa shape index (κ3) is 3.06. The van der Waals surface area contributed by atoms with Crippen LogP contribution in [0.1, 0.15) is 47.0 Å². The number of ether oxygens (including phenoxy) is 1. The van der Waals surface area contributed by atoms with Crippen LogP contribution in [0.2, 0.25) is 0 Å². The minimum absolute atomic E-state index is 0.397. The summed E-state index contributed by atoms with van der Waals surface area (Å²) in [6.45, 7) is 13.5. The van der Waals surface area contributed by atoms with Crippen LogP contribution in [0.5, 0.6) is 0 Å². The van der Waals surface area contributed by atoms with E-state index >= 15 is 0 Å². The maximum atomic E-state index is 5.67. The largest absolute Gasteiger partial charge is 0.376 e. The molecule has 3 unspecified atom stereocenters. The Balaban J connectivity index is 2.01. The number of hydrogen-bond donors (Lipinski definition) is 1. The predicted molar refractivity (Wildman–Crippen MR) is 75.9 cm³/mol. The second-order valence-corrected chi connectivity index (χ2v) is 6.70. The molecule has 1 N–H and O–H groups in total. The molecule has 0 aromatic heterocycles. The van der Waals surface area contributed by atoms with E-state index in [2.05, 4.69) is 37.9 Å². The van der Waals surface area contributed by atoms with Crippen molar-refractivity contribution in [3.8, 4) is 0 Å². The fraction of sp³-hybridized carbons (Fsp3) is 1.00. The number of nitrogens with one attached hydrogen (secondary N) is 1. The average molecular weight is 254 g/mol. The van der Waals surface area contributed by atoms with Crippen LogP contribution >= 0.6 is 0 Å². The molecule has 1 saturated carbocycles. The lowest BCUT2D eigenvalue weighted by atomic mass is 9.86. The van der Waals surface area contributed by atoms with Gasteiger partial charge in [-0.25, -0.2) is 0 Å². The van der Waals surface area contributed by atoms with E-state index in [1.165, 1.54) is 19.3 Å². The molecule has 0 aromatic rings. The molecule has 0 bridgehead atoms. The first-order valence-electron chi connectivity index (χ1n) is 7.63. The summed E-state index contributed by atoms with van der Waals surface area (Å²) in [6.07, 6.45) is 4.29. The number of morpholine rings is 1. The quantitative estimate of drug-likeness (QED) is 0.833. The lowest BCUT2D eigenvalue weighted by Gasteiger charge is -2.41. The molecule has 0 amide bonds. The summed E-state index contributed by atoms with van der Waals surface area (Å²) < 4.78 is 5.67. The summed E-state index contributed by atoms with van der Waals surface area (Å²) in [4.78, 5) is 2.66. The molecule has 2 aliphatic rings. The molecule has 2 rings (SSSR count). The van der Waals surface area contributed by atoms with E-state index in [4.69, 9.17) is 4.74 Å². The van der Waals surface area contributed by atoms with Crippen LogP contribution in [-0.4, -0.2) is 49.3 Å². The van der Waals surface area contributed by atoms with Gasteiger partial charge in [0, 0.05) is 25.2 Å². The van der Waals surface area contributed by atoms with Gasteiger partial charge in [-0.05, 0) is 38.1 Å². The summed E-state index contributed by atoms with van der Waals surface area (Å²) in [6, 6.07) is 1.35. The van der Waals surface area contributed by atoms with Gasteiger partial charge in [-0.2, -0.15) is 0 Å². The Bertz CT molecular complexity index is 267. The number of nitrogens with zero attached hydrogens (tertiary/aromatic N) is 1. The Labute approximate surface area is 112 Å². The Kier molecular flexibility index (Phi) is 4.68. The van der Waals surface area contributed by atoms with Gasteiger partial charge in [-0.3, -0.25) is 4.90 Å². The normalized spacial score (nSPS) is 37.0. The molecule has 3 atom stereocenters. The molecule has 1 heterocycles. The van der Waals surface area contributed by atoms with E-state index in [1.807, 2.05) is 0 Å². The highest BCUT2D eigenvalue weighted by atomic mass is 16.5. The molecular formula is C15H30N2O. The van der Waals surface area contributed by atoms with Gasteiger partial charge in [-0.15, -0.1) is 0 Å². The lowest BCUT2D eigenvalue weighted by Crippen LogP contribution is -2.55. The molecule has 0 radical (unpaired) electrons. The molecule has 2 fully saturated rings. The lowest BCUT2D eigenvalue weighted by molar-refractivity contribution is -0.0391. The van der Waals surface area contributed by atoms with Crippen LogP contribution in [0.25, 0.3) is 0 Å². The third-order valence-corrected chi connectivity index (χ3v) is 4.67. The van der Waals surface area contributed by atoms with Crippen molar-refractivity contribution in [1.82, 2.24) is 10.2 Å². The van der Waals surface area contributed by atoms with Gasteiger partial charge in [0.05, 0.1) is 12.7 Å². The molecule has 1 saturated heterocycles. The first-order valence-corrected chi connectivity index (χ1v) is 7.63. The van der Waals surface area contributed by atoms with E-state index in [0.717, 1.165) is 26.2 Å². The van der Waals surface area contributed by atoms with Crippen LogP contribution < -0.4 is 5.32 Å². The van der Waals surface area contributed by atoms with Crippen molar-refractivity contribution in [3.05, 3.63) is 0 Å². The Morgan fingerprint density at radius 2 is 2.17 bits per heavy atom. The highest BCUT2D eigenvalue weighted by molar-refractivity contribution is 5.01. The van der Waals surface area contributed by atoms with Gasteiger partial charge in [0.25, 0.3) is 0 Å². The highest BCUT2D eigenvalue weighted by Crippen LogP contribution is 2.40. The molecule has 18 heavy (non-hydrogen) atoms. The van der Waals surface area contributed by atoms with Crippen molar-refractivity contribution in [1.29, 1.82) is 0 Å². The van der Waals surface area contributed by atoms with Crippen molar-refractivity contribution >= 4 is 0 Å². The number of rotatable bonds is 4. The van der Waals surface area contributed by atoms with Crippen molar-refractivity contribution < 1.29 is 4.74 Å². The maximum Gasteiger partial charge on any atom is 0.0674 e. The average Bonchev–Trinajstić information content (AvgIpc) is 2.62. The van der Waals surface area contributed by atoms with Crippen LogP contribution in [-0.2, 0) is 4.74 Å². The Morgan fingerprint density at radius 1 is 1.39 bits per heavy atom. The topological polar surface area (TPSA) is 24.5 Å². The molecule has 1 aliphatic heterocycles. The Morgan fingerprint density at radius 3 is 2.83 bits per heavy atom. The van der Waals surface area contributed by atoms with Gasteiger partial charge in [0.2, 0.25) is 0 Å². The summed E-state index contributed by atoms with van der Waals surface area (Å²) in [5, 5.41) is 3.80. The number of hydrogen-bond acceptors (Lipinski definition) is 3. The van der Waals surface area contributed by atoms with Crippen molar-refractivity contribution in [2.75, 3.05) is 26.2 Å². The van der Waals surface area contributed by atoms with Crippen molar-refractivity contribution in [2.45, 2.75) is 65.1 Å². The summed E-state index contributed by atoms with van der Waals surface area (Å²) >= 11 is 0. The van der Waals surface area contributed by atoms with Gasteiger partial charge < -0.3 is 10.1 Å². The summed E-state index contributed by atoms with van der Waals surface area (Å²) in [5.41, 5.74) is 0.432. The second kappa shape index (κ2) is 5.89. The van der Waals surface area contributed by atoms with E-state index in [9.17, 15) is 0 Å². The molecule has 3 nitrogen and oxygen atoms in total. The first-order chi connectivity index (χ1) is 8.54. The minimum atomic E-state index is 0.397. The summed E-state index contributed by atoms with van der Waals surface area (Å²) in [5.74, 6) is 0. The third-order valence-electron chi connectivity index (χ3n) is 4.67. The monoisotopic (exact) mass is 254 g/mol. The molecule has 1 aliphatic carbocycles. The first kappa shape index (κ1) is 14.3. The zero-order chi connectivity index (χ0) is 13.2. The van der Waals surface area contributed by atoms with Crippen LogP contribution in [0.15, 0.2) is 0 Å².